The first-order valence-electron chi connectivity index (χ1n) is 3.15. The molecule has 1 rings (SSSR count). The van der Waals surface area contributed by atoms with Gasteiger partial charge in [0, 0.05) is 13.8 Å². The fraction of sp³-hybridized carbons (Fsp3) is 0.500. The molecule has 1 fully saturated rings. The van der Waals surface area contributed by atoms with Crippen molar-refractivity contribution in [2.75, 3.05) is 0 Å². The van der Waals surface area contributed by atoms with Crippen LogP contribution in [0.5, 0.6) is 0 Å². The fourth-order valence-electron chi connectivity index (χ4n) is 0.729. The van der Waals surface area contributed by atoms with Crippen molar-refractivity contribution < 1.29 is 24.3 Å². The zero-order valence-electron chi connectivity index (χ0n) is 6.53. The van der Waals surface area contributed by atoms with Crippen molar-refractivity contribution in [1.29, 1.82) is 0 Å². The molecule has 1 saturated heterocycles. The summed E-state index contributed by atoms with van der Waals surface area (Å²) < 4.78 is 9.15. The topological polar surface area (TPSA) is 85.2 Å². The molecular weight excluding hydrogens is 166 g/mol. The van der Waals surface area contributed by atoms with Gasteiger partial charge in [-0.1, -0.05) is 5.16 Å². The van der Waals surface area contributed by atoms with Crippen LogP contribution in [-0.4, -0.2) is 28.6 Å². The lowest BCUT2D eigenvalue weighted by Gasteiger charge is -2.28. The van der Waals surface area contributed by atoms with Crippen LogP contribution in [-0.2, 0) is 19.1 Å². The average molecular weight is 173 g/mol. The van der Waals surface area contributed by atoms with E-state index in [-0.39, 0.29) is 0 Å². The lowest BCUT2D eigenvalue weighted by atomic mass is 10.3. The molecule has 1 aliphatic heterocycles. The van der Waals surface area contributed by atoms with Gasteiger partial charge in [0.25, 0.3) is 11.5 Å². The third kappa shape index (κ3) is 1.36. The minimum atomic E-state index is -1.29. The maximum Gasteiger partial charge on any atom is 0.371 e. The lowest BCUT2D eigenvalue weighted by Crippen LogP contribution is -2.46. The molecule has 6 heteroatoms. The van der Waals surface area contributed by atoms with Gasteiger partial charge < -0.3 is 14.7 Å². The number of esters is 2. The highest BCUT2D eigenvalue weighted by molar-refractivity contribution is 6.63. The van der Waals surface area contributed by atoms with Crippen LogP contribution in [0.4, 0.5) is 0 Å². The van der Waals surface area contributed by atoms with E-state index in [9.17, 15) is 9.59 Å². The Labute approximate surface area is 67.8 Å². The summed E-state index contributed by atoms with van der Waals surface area (Å²) in [5, 5.41) is 10.6. The van der Waals surface area contributed by atoms with Crippen molar-refractivity contribution >= 4 is 17.7 Å². The van der Waals surface area contributed by atoms with E-state index < -0.39 is 23.4 Å². The second-order valence-electron chi connectivity index (χ2n) is 2.63. The quantitative estimate of drug-likeness (QED) is 0.307. The van der Waals surface area contributed by atoms with Crippen LogP contribution in [0.2, 0.25) is 0 Å². The highest BCUT2D eigenvalue weighted by Gasteiger charge is 2.40. The van der Waals surface area contributed by atoms with Gasteiger partial charge in [0.2, 0.25) is 0 Å². The molecule has 0 aromatic heterocycles. The number of cyclic esters (lactones) is 2. The molecule has 1 heterocycles. The summed E-state index contributed by atoms with van der Waals surface area (Å²) in [6, 6.07) is 0. The minimum Gasteiger partial charge on any atom is -0.418 e. The highest BCUT2D eigenvalue weighted by Crippen LogP contribution is 2.17. The standard InChI is InChI=1S/C6H7NO5/c1-6(2)11-4(8)3(7-10)5(9)12-6/h10H,1-2H3. The Hall–Kier alpha value is -1.59. The van der Waals surface area contributed by atoms with Crippen LogP contribution < -0.4 is 0 Å². The largest absolute Gasteiger partial charge is 0.418 e. The van der Waals surface area contributed by atoms with Gasteiger partial charge in [0.15, 0.2) is 0 Å². The molecule has 66 valence electrons. The summed E-state index contributed by atoms with van der Waals surface area (Å²) in [5.41, 5.74) is -0.741. The molecule has 0 aromatic rings. The van der Waals surface area contributed by atoms with Crippen LogP contribution in [0.3, 0.4) is 0 Å². The molecule has 0 aliphatic carbocycles. The number of oxime groups is 1. The first-order valence-corrected chi connectivity index (χ1v) is 3.15. The Bertz CT molecular complexity index is 245. The third-order valence-electron chi connectivity index (χ3n) is 1.16. The van der Waals surface area contributed by atoms with E-state index in [2.05, 4.69) is 14.6 Å². The van der Waals surface area contributed by atoms with Crippen molar-refractivity contribution in [2.45, 2.75) is 19.6 Å². The summed E-state index contributed by atoms with van der Waals surface area (Å²) in [7, 11) is 0. The van der Waals surface area contributed by atoms with Crippen molar-refractivity contribution in [3.05, 3.63) is 0 Å². The number of hydrogen-bond donors (Lipinski definition) is 1. The normalized spacial score (nSPS) is 21.3. The Morgan fingerprint density at radius 1 is 1.25 bits per heavy atom. The maximum atomic E-state index is 10.8. The second kappa shape index (κ2) is 2.47. The summed E-state index contributed by atoms with van der Waals surface area (Å²) in [5.74, 6) is -3.26. The molecule has 1 aliphatic rings. The first kappa shape index (κ1) is 8.51. The summed E-state index contributed by atoms with van der Waals surface area (Å²) in [4.78, 5) is 21.7. The van der Waals surface area contributed by atoms with Gasteiger partial charge >= 0.3 is 11.9 Å². The van der Waals surface area contributed by atoms with E-state index in [1.807, 2.05) is 0 Å². The summed E-state index contributed by atoms with van der Waals surface area (Å²) in [6.45, 7) is 2.80. The third-order valence-corrected chi connectivity index (χ3v) is 1.16. The smallest absolute Gasteiger partial charge is 0.371 e. The molecule has 0 unspecified atom stereocenters. The van der Waals surface area contributed by atoms with E-state index in [0.717, 1.165) is 0 Å². The molecule has 0 amide bonds. The van der Waals surface area contributed by atoms with Gasteiger partial charge in [-0.3, -0.25) is 0 Å². The van der Waals surface area contributed by atoms with Crippen molar-refractivity contribution in [3.63, 3.8) is 0 Å². The van der Waals surface area contributed by atoms with Crippen LogP contribution in [0.1, 0.15) is 13.8 Å². The number of carbonyl (C=O) groups is 2. The Kier molecular flexibility index (Phi) is 1.75. The minimum absolute atomic E-state index is 0.741. The van der Waals surface area contributed by atoms with Gasteiger partial charge in [-0.25, -0.2) is 9.59 Å². The molecule has 0 atom stereocenters. The zero-order chi connectivity index (χ0) is 9.35. The zero-order valence-corrected chi connectivity index (χ0v) is 6.53. The van der Waals surface area contributed by atoms with Gasteiger partial charge in [0.1, 0.15) is 0 Å². The van der Waals surface area contributed by atoms with Crippen LogP contribution in [0, 0.1) is 0 Å². The van der Waals surface area contributed by atoms with Gasteiger partial charge in [-0.15, -0.1) is 0 Å². The molecule has 1 N–H and O–H groups in total. The second-order valence-corrected chi connectivity index (χ2v) is 2.63. The number of rotatable bonds is 0. The number of carbonyl (C=O) groups excluding carboxylic acids is 2. The molecule has 0 saturated carbocycles. The Balaban J connectivity index is 2.93. The van der Waals surface area contributed by atoms with Crippen LogP contribution in [0.25, 0.3) is 0 Å². The molecule has 0 radical (unpaired) electrons. The van der Waals surface area contributed by atoms with Crippen molar-refractivity contribution in [3.8, 4) is 0 Å². The number of hydrogen-bond acceptors (Lipinski definition) is 6. The number of nitrogens with zero attached hydrogens (tertiary/aromatic N) is 1. The predicted molar refractivity (Wildman–Crippen MR) is 35.5 cm³/mol. The highest BCUT2D eigenvalue weighted by atomic mass is 16.7. The van der Waals surface area contributed by atoms with E-state index in [0.29, 0.717) is 0 Å². The van der Waals surface area contributed by atoms with E-state index in [1.54, 1.807) is 0 Å². The maximum absolute atomic E-state index is 10.8. The predicted octanol–water partition coefficient (Wildman–Crippen LogP) is -0.347. The van der Waals surface area contributed by atoms with Gasteiger partial charge in [-0.05, 0) is 0 Å². The van der Waals surface area contributed by atoms with E-state index >= 15 is 0 Å². The van der Waals surface area contributed by atoms with E-state index in [1.165, 1.54) is 13.8 Å². The van der Waals surface area contributed by atoms with Crippen LogP contribution in [0.15, 0.2) is 5.16 Å². The summed E-state index contributed by atoms with van der Waals surface area (Å²) >= 11 is 0. The molecular formula is C6H7NO5. The first-order chi connectivity index (χ1) is 5.46. The monoisotopic (exact) mass is 173 g/mol. The summed E-state index contributed by atoms with van der Waals surface area (Å²) in [6.07, 6.45) is 0. The molecule has 6 nitrogen and oxygen atoms in total. The van der Waals surface area contributed by atoms with Crippen molar-refractivity contribution in [2.24, 2.45) is 5.16 Å². The molecule has 0 spiro atoms. The number of ether oxygens (including phenoxy) is 2. The Morgan fingerprint density at radius 3 is 2.00 bits per heavy atom. The fourth-order valence-corrected chi connectivity index (χ4v) is 0.729. The van der Waals surface area contributed by atoms with Gasteiger partial charge in [0.05, 0.1) is 0 Å². The molecule has 0 aromatic carbocycles. The SMILES string of the molecule is CC1(C)OC(=O)C(=NO)C(=O)O1. The van der Waals surface area contributed by atoms with Gasteiger partial charge in [-0.2, -0.15) is 0 Å². The average Bonchev–Trinajstić information content (AvgIpc) is 1.82. The van der Waals surface area contributed by atoms with Crippen LogP contribution >= 0.6 is 0 Å². The van der Waals surface area contributed by atoms with Crippen molar-refractivity contribution in [1.82, 2.24) is 0 Å². The Morgan fingerprint density at radius 2 is 1.67 bits per heavy atom. The van der Waals surface area contributed by atoms with E-state index in [4.69, 9.17) is 5.21 Å². The molecule has 12 heavy (non-hydrogen) atoms. The molecule has 0 bridgehead atoms. The lowest BCUT2D eigenvalue weighted by molar-refractivity contribution is -0.215.